The molecule has 1 heterocycles. The molecule has 3 heteroatoms. The number of hydrogen-bond acceptors (Lipinski definition) is 3. The summed E-state index contributed by atoms with van der Waals surface area (Å²) in [5.74, 6) is 0. The third kappa shape index (κ3) is 1.92. The maximum absolute atomic E-state index is 9.96. The number of rotatable bonds is 3. The van der Waals surface area contributed by atoms with Crippen LogP contribution in [0.15, 0.2) is 5.38 Å². The van der Waals surface area contributed by atoms with E-state index in [1.807, 2.05) is 12.3 Å². The lowest BCUT2D eigenvalue weighted by Crippen LogP contribution is -1.85. The summed E-state index contributed by atoms with van der Waals surface area (Å²) in [5, 5.41) is 3.07. The molecule has 1 aromatic heterocycles. The monoisotopic (exact) mass is 155 g/mol. The van der Waals surface area contributed by atoms with Crippen LogP contribution in [0.1, 0.15) is 17.1 Å². The Bertz CT molecular complexity index is 219. The van der Waals surface area contributed by atoms with Crippen LogP contribution in [0.5, 0.6) is 0 Å². The Morgan fingerprint density at radius 1 is 1.80 bits per heavy atom. The number of carbonyl (C=O) groups is 1. The second-order valence-corrected chi connectivity index (χ2v) is 3.13. The predicted octanol–water partition coefficient (Wildman–Crippen LogP) is 1.58. The van der Waals surface area contributed by atoms with Crippen molar-refractivity contribution in [3.05, 3.63) is 16.1 Å². The van der Waals surface area contributed by atoms with Crippen molar-refractivity contribution in [3.8, 4) is 0 Å². The molecule has 0 fully saturated rings. The molecule has 10 heavy (non-hydrogen) atoms. The van der Waals surface area contributed by atoms with Crippen LogP contribution in [0.3, 0.4) is 0 Å². The third-order valence-corrected chi connectivity index (χ3v) is 2.01. The van der Waals surface area contributed by atoms with Gasteiger partial charge in [-0.05, 0) is 13.3 Å². The first-order valence-electron chi connectivity index (χ1n) is 3.17. The van der Waals surface area contributed by atoms with E-state index >= 15 is 0 Å². The number of thiazole rings is 1. The van der Waals surface area contributed by atoms with E-state index in [0.29, 0.717) is 6.42 Å². The zero-order valence-corrected chi connectivity index (χ0v) is 6.65. The normalized spacial score (nSPS) is 9.70. The Balaban J connectivity index is 2.49. The van der Waals surface area contributed by atoms with Gasteiger partial charge in [-0.3, -0.25) is 0 Å². The molecule has 0 spiro atoms. The number of hydrogen-bond donors (Lipinski definition) is 0. The van der Waals surface area contributed by atoms with Gasteiger partial charge in [0.1, 0.15) is 6.29 Å². The summed E-state index contributed by atoms with van der Waals surface area (Å²) >= 11 is 1.63. The summed E-state index contributed by atoms with van der Waals surface area (Å²) in [6, 6.07) is 0. The van der Waals surface area contributed by atoms with Gasteiger partial charge in [0.05, 0.1) is 10.7 Å². The number of aldehydes is 1. The quantitative estimate of drug-likeness (QED) is 0.620. The second kappa shape index (κ2) is 3.46. The van der Waals surface area contributed by atoms with Crippen molar-refractivity contribution in [1.82, 2.24) is 4.98 Å². The fraction of sp³-hybridized carbons (Fsp3) is 0.429. The van der Waals surface area contributed by atoms with Crippen LogP contribution in [-0.2, 0) is 11.2 Å². The third-order valence-electron chi connectivity index (χ3n) is 1.18. The Hall–Kier alpha value is -0.700. The van der Waals surface area contributed by atoms with E-state index in [-0.39, 0.29) is 0 Å². The van der Waals surface area contributed by atoms with Gasteiger partial charge in [-0.15, -0.1) is 11.3 Å². The maximum Gasteiger partial charge on any atom is 0.120 e. The summed E-state index contributed by atoms with van der Waals surface area (Å²) in [6.07, 6.45) is 2.30. The van der Waals surface area contributed by atoms with Gasteiger partial charge in [-0.25, -0.2) is 4.98 Å². The molecule has 0 bridgehead atoms. The first-order valence-corrected chi connectivity index (χ1v) is 4.05. The van der Waals surface area contributed by atoms with E-state index < -0.39 is 0 Å². The lowest BCUT2D eigenvalue weighted by Gasteiger charge is -1.85. The molecular weight excluding hydrogens is 146 g/mol. The van der Waals surface area contributed by atoms with Crippen molar-refractivity contribution < 1.29 is 4.79 Å². The van der Waals surface area contributed by atoms with Crippen LogP contribution < -0.4 is 0 Å². The van der Waals surface area contributed by atoms with Gasteiger partial charge in [-0.2, -0.15) is 0 Å². The predicted molar refractivity (Wildman–Crippen MR) is 41.2 cm³/mol. The smallest absolute Gasteiger partial charge is 0.120 e. The van der Waals surface area contributed by atoms with Crippen LogP contribution in [0.25, 0.3) is 0 Å². The molecule has 0 N–H and O–H groups in total. The van der Waals surface area contributed by atoms with E-state index in [0.717, 1.165) is 23.4 Å². The van der Waals surface area contributed by atoms with Crippen LogP contribution in [0.4, 0.5) is 0 Å². The summed E-state index contributed by atoms with van der Waals surface area (Å²) < 4.78 is 0. The Labute approximate surface area is 63.9 Å². The van der Waals surface area contributed by atoms with Crippen molar-refractivity contribution in [2.24, 2.45) is 0 Å². The van der Waals surface area contributed by atoms with Crippen molar-refractivity contribution in [3.63, 3.8) is 0 Å². The molecule has 0 aliphatic rings. The second-order valence-electron chi connectivity index (χ2n) is 2.06. The molecule has 2 nitrogen and oxygen atoms in total. The zero-order valence-electron chi connectivity index (χ0n) is 5.83. The lowest BCUT2D eigenvalue weighted by atomic mass is 10.3. The number of carbonyl (C=O) groups excluding carboxylic acids is 1. The van der Waals surface area contributed by atoms with Crippen molar-refractivity contribution in [1.29, 1.82) is 0 Å². The minimum atomic E-state index is 0.586. The SMILES string of the molecule is Cc1nc(CCC=O)cs1. The molecule has 0 amide bonds. The first kappa shape index (κ1) is 7.41. The molecule has 0 saturated heterocycles. The van der Waals surface area contributed by atoms with Gasteiger partial charge in [0.15, 0.2) is 0 Å². The fourth-order valence-electron chi connectivity index (χ4n) is 0.730. The lowest BCUT2D eigenvalue weighted by molar-refractivity contribution is -0.107. The van der Waals surface area contributed by atoms with E-state index in [4.69, 9.17) is 0 Å². The minimum absolute atomic E-state index is 0.586. The van der Waals surface area contributed by atoms with E-state index in [2.05, 4.69) is 4.98 Å². The molecule has 1 aromatic rings. The van der Waals surface area contributed by atoms with E-state index in [1.165, 1.54) is 0 Å². The van der Waals surface area contributed by atoms with Crippen LogP contribution in [0.2, 0.25) is 0 Å². The Morgan fingerprint density at radius 3 is 3.10 bits per heavy atom. The van der Waals surface area contributed by atoms with Crippen LogP contribution in [-0.4, -0.2) is 11.3 Å². The molecule has 0 unspecified atom stereocenters. The van der Waals surface area contributed by atoms with Crippen LogP contribution in [0, 0.1) is 6.92 Å². The summed E-state index contributed by atoms with van der Waals surface area (Å²) in [7, 11) is 0. The summed E-state index contributed by atoms with van der Waals surface area (Å²) in [5.41, 5.74) is 1.04. The molecule has 0 aromatic carbocycles. The Morgan fingerprint density at radius 2 is 2.60 bits per heavy atom. The average molecular weight is 155 g/mol. The highest BCUT2D eigenvalue weighted by atomic mass is 32.1. The number of nitrogens with zero attached hydrogens (tertiary/aromatic N) is 1. The molecule has 0 aliphatic carbocycles. The Kier molecular flexibility index (Phi) is 2.57. The van der Waals surface area contributed by atoms with Gasteiger partial charge >= 0.3 is 0 Å². The molecule has 1 rings (SSSR count). The van der Waals surface area contributed by atoms with Gasteiger partial charge in [0.2, 0.25) is 0 Å². The fourth-order valence-corrected chi connectivity index (χ4v) is 1.38. The van der Waals surface area contributed by atoms with E-state index in [9.17, 15) is 4.79 Å². The minimum Gasteiger partial charge on any atom is -0.303 e. The summed E-state index contributed by atoms with van der Waals surface area (Å²) in [6.45, 7) is 1.97. The molecule has 0 radical (unpaired) electrons. The zero-order chi connectivity index (χ0) is 7.40. The van der Waals surface area contributed by atoms with Gasteiger partial charge in [0, 0.05) is 11.8 Å². The standard InChI is InChI=1S/C7H9NOS/c1-6-8-7(5-10-6)3-2-4-9/h4-5H,2-3H2,1H3. The number of aryl methyl sites for hydroxylation is 2. The highest BCUT2D eigenvalue weighted by Gasteiger charge is 1.95. The summed E-state index contributed by atoms with van der Waals surface area (Å²) in [4.78, 5) is 14.2. The largest absolute Gasteiger partial charge is 0.303 e. The van der Waals surface area contributed by atoms with Gasteiger partial charge < -0.3 is 4.79 Å². The van der Waals surface area contributed by atoms with Crippen molar-refractivity contribution in [2.75, 3.05) is 0 Å². The van der Waals surface area contributed by atoms with E-state index in [1.54, 1.807) is 11.3 Å². The van der Waals surface area contributed by atoms with Crippen molar-refractivity contribution >= 4 is 17.6 Å². The highest BCUT2D eigenvalue weighted by molar-refractivity contribution is 7.09. The average Bonchev–Trinajstić information content (AvgIpc) is 2.31. The van der Waals surface area contributed by atoms with Gasteiger partial charge in [-0.1, -0.05) is 0 Å². The molecule has 54 valence electrons. The number of aromatic nitrogens is 1. The topological polar surface area (TPSA) is 30.0 Å². The molecular formula is C7H9NOS. The van der Waals surface area contributed by atoms with Gasteiger partial charge in [0.25, 0.3) is 0 Å². The van der Waals surface area contributed by atoms with Crippen LogP contribution >= 0.6 is 11.3 Å². The highest BCUT2D eigenvalue weighted by Crippen LogP contribution is 2.08. The molecule has 0 saturated carbocycles. The first-order chi connectivity index (χ1) is 4.83. The maximum atomic E-state index is 9.96. The molecule has 0 aliphatic heterocycles. The molecule has 0 atom stereocenters. The van der Waals surface area contributed by atoms with Crippen molar-refractivity contribution in [2.45, 2.75) is 19.8 Å².